The summed E-state index contributed by atoms with van der Waals surface area (Å²) in [6.07, 6.45) is 0. The Bertz CT molecular complexity index is 163. The lowest BCUT2D eigenvalue weighted by molar-refractivity contribution is 0.866. The largest absolute Gasteiger partial charge is 0.0614 e. The van der Waals surface area contributed by atoms with Gasteiger partial charge in [0.15, 0.2) is 0 Å². The average Bonchev–Trinajstić information content (AvgIpc) is 1.90. The van der Waals surface area contributed by atoms with Gasteiger partial charge in [-0.05, 0) is 17.5 Å². The predicted molar refractivity (Wildman–Crippen MR) is 39.4 cm³/mol. The van der Waals surface area contributed by atoms with Crippen LogP contribution in [0.25, 0.3) is 0 Å². The van der Waals surface area contributed by atoms with Crippen LogP contribution in [0.5, 0.6) is 0 Å². The van der Waals surface area contributed by atoms with Crippen molar-refractivity contribution in [1.29, 1.82) is 0 Å². The number of hydrogen-bond acceptors (Lipinski definition) is 0. The summed E-state index contributed by atoms with van der Waals surface area (Å²) in [7, 11) is 0. The molecule has 0 amide bonds. The second kappa shape index (κ2) is 2.67. The average molecular weight is 119 g/mol. The van der Waals surface area contributed by atoms with Crippen molar-refractivity contribution in [2.75, 3.05) is 0 Å². The van der Waals surface area contributed by atoms with E-state index in [1.165, 1.54) is 5.56 Å². The Morgan fingerprint density at radius 1 is 1.44 bits per heavy atom. The molecular weight excluding hydrogens is 108 g/mol. The van der Waals surface area contributed by atoms with Crippen molar-refractivity contribution >= 4 is 0 Å². The van der Waals surface area contributed by atoms with Gasteiger partial charge in [-0.15, -0.1) is 0 Å². The third kappa shape index (κ3) is 1.56. The molecule has 0 nitrogen and oxygen atoms in total. The summed E-state index contributed by atoms with van der Waals surface area (Å²) >= 11 is 0. The van der Waals surface area contributed by atoms with Crippen LogP contribution in [0.4, 0.5) is 0 Å². The van der Waals surface area contributed by atoms with Crippen molar-refractivity contribution in [2.24, 2.45) is 0 Å². The van der Waals surface area contributed by atoms with E-state index in [9.17, 15) is 0 Å². The first-order chi connectivity index (χ1) is 4.30. The number of rotatable bonds is 1. The fourth-order valence-corrected chi connectivity index (χ4v) is 0.766. The van der Waals surface area contributed by atoms with Gasteiger partial charge in [-0.1, -0.05) is 38.1 Å². The van der Waals surface area contributed by atoms with Gasteiger partial charge >= 0.3 is 0 Å². The topological polar surface area (TPSA) is 0 Å². The summed E-state index contributed by atoms with van der Waals surface area (Å²) in [5.41, 5.74) is 1.36. The zero-order valence-corrected chi connectivity index (χ0v) is 5.89. The Morgan fingerprint density at radius 2 is 2.22 bits per heavy atom. The van der Waals surface area contributed by atoms with Crippen molar-refractivity contribution in [1.82, 2.24) is 0 Å². The van der Waals surface area contributed by atoms with Gasteiger partial charge in [0, 0.05) is 0 Å². The minimum Gasteiger partial charge on any atom is -0.0614 e. The molecule has 0 heteroatoms. The highest BCUT2D eigenvalue weighted by molar-refractivity contribution is 5.16. The first-order valence-corrected chi connectivity index (χ1v) is 3.26. The van der Waals surface area contributed by atoms with Crippen molar-refractivity contribution in [3.8, 4) is 0 Å². The summed E-state index contributed by atoms with van der Waals surface area (Å²) in [4.78, 5) is 0. The monoisotopic (exact) mass is 119 g/mol. The maximum atomic E-state index is 3.04. The molecule has 47 valence electrons. The third-order valence-electron chi connectivity index (χ3n) is 1.40. The molecule has 0 N–H and O–H groups in total. The molecule has 0 spiro atoms. The number of benzene rings is 1. The molecule has 0 aliphatic heterocycles. The molecular formula is C9H11. The minimum absolute atomic E-state index is 0.627. The second-order valence-corrected chi connectivity index (χ2v) is 2.49. The van der Waals surface area contributed by atoms with Crippen LogP contribution >= 0.6 is 0 Å². The highest BCUT2D eigenvalue weighted by Crippen LogP contribution is 2.11. The molecule has 1 aromatic rings. The highest BCUT2D eigenvalue weighted by Gasteiger charge is 1.93. The predicted octanol–water partition coefficient (Wildman–Crippen LogP) is 2.61. The fraction of sp³-hybridized carbons (Fsp3) is 0.333. The van der Waals surface area contributed by atoms with Crippen LogP contribution in [0.3, 0.4) is 0 Å². The lowest BCUT2D eigenvalue weighted by atomic mass is 10.0. The minimum atomic E-state index is 0.627. The molecule has 0 saturated heterocycles. The molecule has 0 atom stereocenters. The quantitative estimate of drug-likeness (QED) is 0.533. The normalized spacial score (nSPS) is 10.1. The van der Waals surface area contributed by atoms with E-state index >= 15 is 0 Å². The van der Waals surface area contributed by atoms with E-state index in [0.717, 1.165) is 0 Å². The fourth-order valence-electron chi connectivity index (χ4n) is 0.766. The van der Waals surface area contributed by atoms with Gasteiger partial charge in [0.25, 0.3) is 0 Å². The van der Waals surface area contributed by atoms with E-state index in [1.54, 1.807) is 0 Å². The lowest BCUT2D eigenvalue weighted by Crippen LogP contribution is -1.83. The Kier molecular flexibility index (Phi) is 1.88. The van der Waals surface area contributed by atoms with Gasteiger partial charge in [-0.2, -0.15) is 0 Å². The van der Waals surface area contributed by atoms with E-state index in [0.29, 0.717) is 5.92 Å². The van der Waals surface area contributed by atoms with E-state index in [-0.39, 0.29) is 0 Å². The molecule has 0 aromatic heterocycles. The highest BCUT2D eigenvalue weighted by atomic mass is 14.0. The van der Waals surface area contributed by atoms with Crippen LogP contribution in [0, 0.1) is 6.07 Å². The Labute approximate surface area is 56.5 Å². The van der Waals surface area contributed by atoms with Crippen LogP contribution in [0.15, 0.2) is 24.3 Å². The van der Waals surface area contributed by atoms with Crippen LogP contribution in [0.2, 0.25) is 0 Å². The van der Waals surface area contributed by atoms with Gasteiger partial charge < -0.3 is 0 Å². The van der Waals surface area contributed by atoms with Crippen molar-refractivity contribution < 1.29 is 0 Å². The molecule has 0 heterocycles. The molecule has 0 aliphatic carbocycles. The molecule has 0 aliphatic rings. The van der Waals surface area contributed by atoms with E-state index in [1.807, 2.05) is 18.2 Å². The van der Waals surface area contributed by atoms with Crippen LogP contribution in [-0.2, 0) is 0 Å². The summed E-state index contributed by atoms with van der Waals surface area (Å²) in [5.74, 6) is 0.627. The molecule has 9 heavy (non-hydrogen) atoms. The SMILES string of the molecule is CC(C)c1c[c]ccc1. The van der Waals surface area contributed by atoms with Crippen molar-refractivity contribution in [3.05, 3.63) is 35.9 Å². The van der Waals surface area contributed by atoms with E-state index < -0.39 is 0 Å². The van der Waals surface area contributed by atoms with E-state index in [2.05, 4.69) is 26.0 Å². The maximum absolute atomic E-state index is 3.04. The molecule has 1 aromatic carbocycles. The number of hydrogen-bond donors (Lipinski definition) is 0. The summed E-state index contributed by atoms with van der Waals surface area (Å²) in [5, 5.41) is 0. The molecule has 0 bridgehead atoms. The van der Waals surface area contributed by atoms with E-state index in [4.69, 9.17) is 0 Å². The molecule has 0 fully saturated rings. The first-order valence-electron chi connectivity index (χ1n) is 3.26. The molecule has 1 rings (SSSR count). The molecule has 0 saturated carbocycles. The molecule has 0 unspecified atom stereocenters. The Morgan fingerprint density at radius 3 is 2.56 bits per heavy atom. The standard InChI is InChI=1S/C9H11/c1-8(2)9-6-4-3-5-7-9/h3-4,6-8H,1-2H3. The smallest absolute Gasteiger partial charge is 0.0181 e. The Balaban J connectivity index is 2.85. The summed E-state index contributed by atoms with van der Waals surface area (Å²) in [6, 6.07) is 11.1. The Hall–Kier alpha value is -0.780. The summed E-state index contributed by atoms with van der Waals surface area (Å²) in [6.45, 7) is 4.37. The van der Waals surface area contributed by atoms with Crippen LogP contribution in [-0.4, -0.2) is 0 Å². The van der Waals surface area contributed by atoms with Crippen LogP contribution < -0.4 is 0 Å². The van der Waals surface area contributed by atoms with Gasteiger partial charge in [0.05, 0.1) is 0 Å². The first kappa shape index (κ1) is 6.34. The molecule has 1 radical (unpaired) electrons. The zero-order chi connectivity index (χ0) is 6.69. The maximum Gasteiger partial charge on any atom is -0.0181 e. The van der Waals surface area contributed by atoms with Gasteiger partial charge in [-0.25, -0.2) is 0 Å². The summed E-state index contributed by atoms with van der Waals surface area (Å²) < 4.78 is 0. The van der Waals surface area contributed by atoms with Gasteiger partial charge in [-0.3, -0.25) is 0 Å². The van der Waals surface area contributed by atoms with Crippen molar-refractivity contribution in [2.45, 2.75) is 19.8 Å². The second-order valence-electron chi connectivity index (χ2n) is 2.49. The lowest BCUT2D eigenvalue weighted by Gasteiger charge is -2.01. The van der Waals surface area contributed by atoms with Crippen molar-refractivity contribution in [3.63, 3.8) is 0 Å². The van der Waals surface area contributed by atoms with Gasteiger partial charge in [0.1, 0.15) is 0 Å². The van der Waals surface area contributed by atoms with Gasteiger partial charge in [0.2, 0.25) is 0 Å². The third-order valence-corrected chi connectivity index (χ3v) is 1.40. The zero-order valence-electron chi connectivity index (χ0n) is 5.89. The van der Waals surface area contributed by atoms with Crippen LogP contribution in [0.1, 0.15) is 25.3 Å².